The lowest BCUT2D eigenvalue weighted by atomic mass is 10.1. The molecule has 0 aliphatic carbocycles. The molecule has 3 rings (SSSR count). The second-order valence-electron chi connectivity index (χ2n) is 7.79. The number of ether oxygens (including phenoxy) is 1. The molecule has 3 N–H and O–H groups in total. The molecule has 3 amide bonds. The van der Waals surface area contributed by atoms with Crippen molar-refractivity contribution in [1.82, 2.24) is 25.8 Å². The second kappa shape index (κ2) is 11.0. The molecule has 2 aromatic rings. The highest BCUT2D eigenvalue weighted by atomic mass is 19.2. The Balaban J connectivity index is 1.39. The molecule has 174 valence electrons. The van der Waals surface area contributed by atoms with E-state index < -0.39 is 17.7 Å². The lowest BCUT2D eigenvalue weighted by molar-refractivity contribution is -0.0287. The molecule has 11 heteroatoms. The van der Waals surface area contributed by atoms with Gasteiger partial charge in [-0.15, -0.1) is 0 Å². The first kappa shape index (κ1) is 23.6. The number of carbonyl (C=O) groups excluding carboxylic acids is 2. The predicted molar refractivity (Wildman–Crippen MR) is 111 cm³/mol. The number of amides is 3. The number of benzene rings is 1. The zero-order chi connectivity index (χ0) is 23.1. The third-order valence-corrected chi connectivity index (χ3v) is 4.71. The number of morpholine rings is 1. The lowest BCUT2D eigenvalue weighted by Crippen LogP contribution is -2.48. The van der Waals surface area contributed by atoms with Crippen molar-refractivity contribution >= 4 is 11.9 Å². The first-order valence-corrected chi connectivity index (χ1v) is 10.3. The molecule has 0 saturated carbocycles. The first-order valence-electron chi connectivity index (χ1n) is 10.3. The van der Waals surface area contributed by atoms with Crippen LogP contribution in [0.15, 0.2) is 28.9 Å². The topological polar surface area (TPSA) is 109 Å². The summed E-state index contributed by atoms with van der Waals surface area (Å²) in [6.45, 7) is 6.08. The maximum atomic E-state index is 13.4. The smallest absolute Gasteiger partial charge is 0.315 e. The second-order valence-corrected chi connectivity index (χ2v) is 7.79. The van der Waals surface area contributed by atoms with Gasteiger partial charge in [0.25, 0.3) is 5.91 Å². The molecule has 1 aromatic carbocycles. The van der Waals surface area contributed by atoms with Crippen LogP contribution in [0.4, 0.5) is 13.6 Å². The van der Waals surface area contributed by atoms with Crippen LogP contribution < -0.4 is 16.0 Å². The number of aromatic nitrogens is 1. The summed E-state index contributed by atoms with van der Waals surface area (Å²) >= 11 is 0. The van der Waals surface area contributed by atoms with Gasteiger partial charge < -0.3 is 25.1 Å². The van der Waals surface area contributed by atoms with E-state index in [-0.39, 0.29) is 42.7 Å². The number of halogens is 2. The van der Waals surface area contributed by atoms with Gasteiger partial charge in [0.15, 0.2) is 17.3 Å². The summed E-state index contributed by atoms with van der Waals surface area (Å²) < 4.78 is 37.4. The lowest BCUT2D eigenvalue weighted by Gasteiger charge is -2.33. The van der Waals surface area contributed by atoms with Crippen molar-refractivity contribution in [3.8, 4) is 0 Å². The predicted octanol–water partition coefficient (Wildman–Crippen LogP) is 1.79. The van der Waals surface area contributed by atoms with Crippen LogP contribution in [-0.4, -0.2) is 60.2 Å². The third kappa shape index (κ3) is 6.99. The molecule has 1 fully saturated rings. The van der Waals surface area contributed by atoms with Gasteiger partial charge in [-0.3, -0.25) is 9.69 Å². The molecule has 1 aliphatic heterocycles. The molecule has 9 nitrogen and oxygen atoms in total. The van der Waals surface area contributed by atoms with Gasteiger partial charge in [-0.2, -0.15) is 0 Å². The highest BCUT2D eigenvalue weighted by molar-refractivity contribution is 5.92. The summed E-state index contributed by atoms with van der Waals surface area (Å²) in [4.78, 5) is 30.0. The quantitative estimate of drug-likeness (QED) is 0.565. The van der Waals surface area contributed by atoms with Crippen molar-refractivity contribution in [2.75, 3.05) is 26.2 Å². The standard InChI is InChI=1S/C21H27F2N5O4/c1-13(2)26-20(29)18-12-32-19(27-18)9-25-21(30)24-8-15-11-28(5-6-31-15)10-14-3-4-16(22)17(23)7-14/h3-4,7,12-13,15H,5-6,8-11H2,1-2H3,(H,26,29)(H2,24,25,30)/t15-/m0/s1. The normalized spacial score (nSPS) is 16.7. The molecule has 1 saturated heterocycles. The largest absolute Gasteiger partial charge is 0.446 e. The van der Waals surface area contributed by atoms with E-state index in [1.807, 2.05) is 13.8 Å². The van der Waals surface area contributed by atoms with E-state index in [0.29, 0.717) is 31.8 Å². The molecular formula is C21H27F2N5O4. The minimum atomic E-state index is -0.872. The Labute approximate surface area is 184 Å². The van der Waals surface area contributed by atoms with Crippen LogP contribution in [0.2, 0.25) is 0 Å². The molecule has 0 bridgehead atoms. The Morgan fingerprint density at radius 2 is 2.06 bits per heavy atom. The van der Waals surface area contributed by atoms with Crippen molar-refractivity contribution in [2.24, 2.45) is 0 Å². The maximum absolute atomic E-state index is 13.4. The fraction of sp³-hybridized carbons (Fsp3) is 0.476. The summed E-state index contributed by atoms with van der Waals surface area (Å²) in [5, 5.41) is 8.03. The van der Waals surface area contributed by atoms with Gasteiger partial charge in [0.2, 0.25) is 5.89 Å². The van der Waals surface area contributed by atoms with Gasteiger partial charge in [-0.25, -0.2) is 18.6 Å². The number of hydrogen-bond donors (Lipinski definition) is 3. The number of urea groups is 1. The fourth-order valence-corrected chi connectivity index (χ4v) is 3.20. The molecular weight excluding hydrogens is 424 g/mol. The van der Waals surface area contributed by atoms with Gasteiger partial charge >= 0.3 is 6.03 Å². The van der Waals surface area contributed by atoms with Crippen LogP contribution in [0.1, 0.15) is 35.8 Å². The van der Waals surface area contributed by atoms with Crippen LogP contribution in [0, 0.1) is 11.6 Å². The molecule has 0 spiro atoms. The van der Waals surface area contributed by atoms with Gasteiger partial charge in [0, 0.05) is 32.2 Å². The van der Waals surface area contributed by atoms with Crippen molar-refractivity contribution in [3.05, 3.63) is 53.2 Å². The van der Waals surface area contributed by atoms with Gasteiger partial charge in [0.05, 0.1) is 19.3 Å². The molecule has 1 aliphatic rings. The van der Waals surface area contributed by atoms with E-state index in [1.165, 1.54) is 12.3 Å². The molecule has 1 atom stereocenters. The Morgan fingerprint density at radius 3 is 2.81 bits per heavy atom. The average Bonchev–Trinajstić information content (AvgIpc) is 3.23. The van der Waals surface area contributed by atoms with Crippen LogP contribution >= 0.6 is 0 Å². The molecule has 1 aromatic heterocycles. The number of nitrogens with zero attached hydrogens (tertiary/aromatic N) is 2. The van der Waals surface area contributed by atoms with Gasteiger partial charge in [0.1, 0.15) is 6.26 Å². The minimum Gasteiger partial charge on any atom is -0.446 e. The van der Waals surface area contributed by atoms with E-state index >= 15 is 0 Å². The molecule has 2 heterocycles. The van der Waals surface area contributed by atoms with Crippen LogP contribution in [0.25, 0.3) is 0 Å². The summed E-state index contributed by atoms with van der Waals surface area (Å²) in [7, 11) is 0. The molecule has 32 heavy (non-hydrogen) atoms. The van der Waals surface area contributed by atoms with E-state index in [9.17, 15) is 18.4 Å². The summed E-state index contributed by atoms with van der Waals surface area (Å²) in [5.41, 5.74) is 0.815. The highest BCUT2D eigenvalue weighted by Gasteiger charge is 2.21. The van der Waals surface area contributed by atoms with Gasteiger partial charge in [-0.05, 0) is 31.5 Å². The Kier molecular flexibility index (Phi) is 8.12. The van der Waals surface area contributed by atoms with E-state index in [2.05, 4.69) is 25.8 Å². The number of rotatable bonds is 8. The van der Waals surface area contributed by atoms with Crippen molar-refractivity contribution in [1.29, 1.82) is 0 Å². The Morgan fingerprint density at radius 1 is 1.25 bits per heavy atom. The van der Waals surface area contributed by atoms with Crippen LogP contribution in [0.3, 0.4) is 0 Å². The monoisotopic (exact) mass is 451 g/mol. The molecule has 0 radical (unpaired) electrons. The summed E-state index contributed by atoms with van der Waals surface area (Å²) in [5.74, 6) is -1.88. The number of hydrogen-bond acceptors (Lipinski definition) is 6. The van der Waals surface area contributed by atoms with Crippen molar-refractivity contribution in [2.45, 2.75) is 39.1 Å². The zero-order valence-electron chi connectivity index (χ0n) is 18.0. The van der Waals surface area contributed by atoms with Crippen molar-refractivity contribution in [3.63, 3.8) is 0 Å². The average molecular weight is 451 g/mol. The van der Waals surface area contributed by atoms with Gasteiger partial charge in [-0.1, -0.05) is 6.07 Å². The maximum Gasteiger partial charge on any atom is 0.315 e. The zero-order valence-corrected chi connectivity index (χ0v) is 18.0. The van der Waals surface area contributed by atoms with Crippen LogP contribution in [0.5, 0.6) is 0 Å². The fourth-order valence-electron chi connectivity index (χ4n) is 3.20. The third-order valence-electron chi connectivity index (χ3n) is 4.71. The SMILES string of the molecule is CC(C)NC(=O)c1coc(CNC(=O)NC[C@H]2CN(Cc3ccc(F)c(F)c3)CCO2)n1. The highest BCUT2D eigenvalue weighted by Crippen LogP contribution is 2.13. The summed E-state index contributed by atoms with van der Waals surface area (Å²) in [6.07, 6.45) is 0.997. The Bertz CT molecular complexity index is 937. The molecule has 0 unspecified atom stereocenters. The Hall–Kier alpha value is -3.05. The summed E-state index contributed by atoms with van der Waals surface area (Å²) in [6, 6.07) is 3.39. The minimum absolute atomic E-state index is 0.0224. The van der Waals surface area contributed by atoms with Crippen LogP contribution in [-0.2, 0) is 17.8 Å². The van der Waals surface area contributed by atoms with E-state index in [1.54, 1.807) is 6.07 Å². The number of nitrogens with one attached hydrogen (secondary N) is 3. The first-order chi connectivity index (χ1) is 15.3. The number of carbonyl (C=O) groups is 2. The van der Waals surface area contributed by atoms with E-state index in [4.69, 9.17) is 9.15 Å². The van der Waals surface area contributed by atoms with Crippen molar-refractivity contribution < 1.29 is 27.5 Å². The number of oxazole rings is 1. The van der Waals surface area contributed by atoms with E-state index in [0.717, 1.165) is 6.07 Å².